The van der Waals surface area contributed by atoms with Crippen molar-refractivity contribution in [1.29, 1.82) is 5.26 Å². The van der Waals surface area contributed by atoms with Gasteiger partial charge in [0.25, 0.3) is 0 Å². The van der Waals surface area contributed by atoms with E-state index in [1.165, 1.54) is 18.3 Å². The summed E-state index contributed by atoms with van der Waals surface area (Å²) in [7, 11) is -3.79. The van der Waals surface area contributed by atoms with Gasteiger partial charge in [0.1, 0.15) is 11.0 Å². The van der Waals surface area contributed by atoms with Gasteiger partial charge in [-0.05, 0) is 19.1 Å². The predicted octanol–water partition coefficient (Wildman–Crippen LogP) is 0.166. The maximum Gasteiger partial charge on any atom is 0.243 e. The molecule has 0 aliphatic heterocycles. The molecule has 0 aliphatic rings. The van der Waals surface area contributed by atoms with E-state index in [0.29, 0.717) is 11.7 Å². The molecule has 9 heteroatoms. The zero-order valence-corrected chi connectivity index (χ0v) is 11.4. The zero-order chi connectivity index (χ0) is 14.6. The molecule has 0 radical (unpaired) electrons. The highest BCUT2D eigenvalue weighted by Gasteiger charge is 2.19. The number of nitriles is 1. The SMILES string of the molecule is Cc1noc(CCNS(=O)(=O)c2cccnc2C#N)n1. The van der Waals surface area contributed by atoms with Crippen molar-refractivity contribution in [3.63, 3.8) is 0 Å². The molecule has 8 nitrogen and oxygen atoms in total. The van der Waals surface area contributed by atoms with Gasteiger partial charge in [-0.1, -0.05) is 5.16 Å². The maximum atomic E-state index is 12.0. The smallest absolute Gasteiger partial charge is 0.243 e. The average Bonchev–Trinajstić information content (AvgIpc) is 2.84. The van der Waals surface area contributed by atoms with E-state index in [4.69, 9.17) is 9.78 Å². The topological polar surface area (TPSA) is 122 Å². The molecule has 0 saturated carbocycles. The second kappa shape index (κ2) is 5.77. The Morgan fingerprint density at radius 2 is 2.30 bits per heavy atom. The van der Waals surface area contributed by atoms with Crippen molar-refractivity contribution in [3.05, 3.63) is 35.7 Å². The average molecular weight is 293 g/mol. The van der Waals surface area contributed by atoms with Crippen LogP contribution < -0.4 is 4.72 Å². The molecular weight excluding hydrogens is 282 g/mol. The fraction of sp³-hybridized carbons (Fsp3) is 0.273. The Morgan fingerprint density at radius 3 is 2.95 bits per heavy atom. The molecule has 0 amide bonds. The predicted molar refractivity (Wildman–Crippen MR) is 66.9 cm³/mol. The fourth-order valence-corrected chi connectivity index (χ4v) is 2.64. The molecule has 0 unspecified atom stereocenters. The molecule has 0 aliphatic carbocycles. The number of pyridine rings is 1. The van der Waals surface area contributed by atoms with Gasteiger partial charge in [-0.15, -0.1) is 0 Å². The molecule has 2 rings (SSSR count). The van der Waals surface area contributed by atoms with Crippen LogP contribution in [-0.2, 0) is 16.4 Å². The number of nitrogens with zero attached hydrogens (tertiary/aromatic N) is 4. The Bertz CT molecular complexity index is 747. The molecule has 20 heavy (non-hydrogen) atoms. The van der Waals surface area contributed by atoms with E-state index >= 15 is 0 Å². The van der Waals surface area contributed by atoms with Gasteiger partial charge in [-0.25, -0.2) is 18.1 Å². The van der Waals surface area contributed by atoms with Crippen LogP contribution in [0.1, 0.15) is 17.4 Å². The molecule has 0 aromatic carbocycles. The Kier molecular flexibility index (Phi) is 4.07. The molecule has 2 aromatic heterocycles. The van der Waals surface area contributed by atoms with E-state index in [2.05, 4.69) is 19.8 Å². The van der Waals surface area contributed by atoms with Crippen molar-refractivity contribution in [2.75, 3.05) is 6.54 Å². The van der Waals surface area contributed by atoms with Gasteiger partial charge in [0.15, 0.2) is 11.5 Å². The fourth-order valence-electron chi connectivity index (χ4n) is 1.50. The summed E-state index contributed by atoms with van der Waals surface area (Å²) < 4.78 is 31.3. The minimum atomic E-state index is -3.79. The van der Waals surface area contributed by atoms with Crippen LogP contribution in [0.3, 0.4) is 0 Å². The second-order valence-electron chi connectivity index (χ2n) is 3.85. The first-order chi connectivity index (χ1) is 9.53. The van der Waals surface area contributed by atoms with Crippen molar-refractivity contribution >= 4 is 10.0 Å². The van der Waals surface area contributed by atoms with Gasteiger partial charge >= 0.3 is 0 Å². The first kappa shape index (κ1) is 14.1. The van der Waals surface area contributed by atoms with Crippen molar-refractivity contribution in [3.8, 4) is 6.07 Å². The minimum absolute atomic E-state index is 0.0870. The van der Waals surface area contributed by atoms with Gasteiger partial charge in [0.2, 0.25) is 15.9 Å². The molecule has 0 bridgehead atoms. The summed E-state index contributed by atoms with van der Waals surface area (Å²) in [4.78, 5) is 7.52. The Labute approximate surface area is 115 Å². The number of aryl methyl sites for hydroxylation is 1. The monoisotopic (exact) mass is 293 g/mol. The molecule has 1 N–H and O–H groups in total. The van der Waals surface area contributed by atoms with Gasteiger partial charge in [-0.2, -0.15) is 10.2 Å². The van der Waals surface area contributed by atoms with Crippen LogP contribution in [0.15, 0.2) is 27.7 Å². The van der Waals surface area contributed by atoms with Crippen molar-refractivity contribution in [2.45, 2.75) is 18.2 Å². The van der Waals surface area contributed by atoms with Crippen LogP contribution in [0.2, 0.25) is 0 Å². The van der Waals surface area contributed by atoms with Crippen molar-refractivity contribution in [2.24, 2.45) is 0 Å². The zero-order valence-electron chi connectivity index (χ0n) is 10.6. The van der Waals surface area contributed by atoms with Gasteiger partial charge < -0.3 is 4.52 Å². The van der Waals surface area contributed by atoms with E-state index in [1.54, 1.807) is 13.0 Å². The summed E-state index contributed by atoms with van der Waals surface area (Å²) >= 11 is 0. The van der Waals surface area contributed by atoms with E-state index in [0.717, 1.165) is 0 Å². The standard InChI is InChI=1S/C11H11N5O3S/c1-8-15-11(19-16-8)4-6-14-20(17,18)10-3-2-5-13-9(10)7-12/h2-3,5,14H,4,6H2,1H3. The molecule has 104 valence electrons. The Hall–Kier alpha value is -2.31. The molecule has 0 atom stereocenters. The normalized spacial score (nSPS) is 11.2. The highest BCUT2D eigenvalue weighted by molar-refractivity contribution is 7.89. The lowest BCUT2D eigenvalue weighted by Gasteiger charge is -2.06. The van der Waals surface area contributed by atoms with E-state index < -0.39 is 10.0 Å². The third kappa shape index (κ3) is 3.17. The second-order valence-corrected chi connectivity index (χ2v) is 5.58. The van der Waals surface area contributed by atoms with Gasteiger partial charge in [-0.3, -0.25) is 0 Å². The Balaban J connectivity index is 2.06. The van der Waals surface area contributed by atoms with E-state index in [-0.39, 0.29) is 23.6 Å². The first-order valence-electron chi connectivity index (χ1n) is 5.67. The molecule has 0 spiro atoms. The molecule has 0 saturated heterocycles. The molecule has 2 aromatic rings. The lowest BCUT2D eigenvalue weighted by atomic mass is 10.4. The minimum Gasteiger partial charge on any atom is -0.339 e. The van der Waals surface area contributed by atoms with Crippen LogP contribution >= 0.6 is 0 Å². The number of rotatable bonds is 5. The highest BCUT2D eigenvalue weighted by Crippen LogP contribution is 2.11. The van der Waals surface area contributed by atoms with Crippen molar-refractivity contribution in [1.82, 2.24) is 19.8 Å². The van der Waals surface area contributed by atoms with Gasteiger partial charge in [0.05, 0.1) is 0 Å². The summed E-state index contributed by atoms with van der Waals surface area (Å²) in [6.07, 6.45) is 1.63. The molecule has 2 heterocycles. The van der Waals surface area contributed by atoms with Crippen LogP contribution in [-0.4, -0.2) is 30.1 Å². The summed E-state index contributed by atoms with van der Waals surface area (Å²) in [6, 6.07) is 4.52. The number of sulfonamides is 1. The largest absolute Gasteiger partial charge is 0.339 e. The van der Waals surface area contributed by atoms with Crippen LogP contribution in [0, 0.1) is 18.3 Å². The lowest BCUT2D eigenvalue weighted by Crippen LogP contribution is -2.27. The number of aromatic nitrogens is 3. The van der Waals surface area contributed by atoms with Crippen LogP contribution in [0.25, 0.3) is 0 Å². The first-order valence-corrected chi connectivity index (χ1v) is 7.15. The summed E-state index contributed by atoms with van der Waals surface area (Å²) in [5.74, 6) is 0.832. The number of hydrogen-bond donors (Lipinski definition) is 1. The summed E-state index contributed by atoms with van der Waals surface area (Å²) in [6.45, 7) is 1.76. The summed E-state index contributed by atoms with van der Waals surface area (Å²) in [5.41, 5.74) is -0.145. The highest BCUT2D eigenvalue weighted by atomic mass is 32.2. The van der Waals surface area contributed by atoms with Crippen LogP contribution in [0.5, 0.6) is 0 Å². The van der Waals surface area contributed by atoms with E-state index in [1.807, 2.05) is 0 Å². The van der Waals surface area contributed by atoms with Crippen LogP contribution in [0.4, 0.5) is 0 Å². The maximum absolute atomic E-state index is 12.0. The number of nitrogens with one attached hydrogen (secondary N) is 1. The van der Waals surface area contributed by atoms with Crippen molar-refractivity contribution < 1.29 is 12.9 Å². The van der Waals surface area contributed by atoms with Gasteiger partial charge in [0, 0.05) is 19.2 Å². The molecular formula is C11H11N5O3S. The lowest BCUT2D eigenvalue weighted by molar-refractivity contribution is 0.375. The number of hydrogen-bond acceptors (Lipinski definition) is 7. The Morgan fingerprint density at radius 1 is 1.50 bits per heavy atom. The third-order valence-corrected chi connectivity index (χ3v) is 3.86. The summed E-state index contributed by atoms with van der Waals surface area (Å²) in [5, 5.41) is 12.5. The third-order valence-electron chi connectivity index (χ3n) is 2.37. The molecule has 0 fully saturated rings. The quantitative estimate of drug-likeness (QED) is 0.833. The van der Waals surface area contributed by atoms with E-state index in [9.17, 15) is 8.42 Å².